The maximum Gasteiger partial charge on any atom is 0.153 e. The van der Waals surface area contributed by atoms with Crippen molar-refractivity contribution in [1.29, 1.82) is 0 Å². The SMILES string of the molecule is Cl.O=Cc1cnccc1Cl. The minimum atomic E-state index is 0. The molecule has 0 aliphatic heterocycles. The second-order valence-electron chi connectivity index (χ2n) is 1.52. The van der Waals surface area contributed by atoms with Crippen molar-refractivity contribution in [2.24, 2.45) is 0 Å². The van der Waals surface area contributed by atoms with Crippen LogP contribution in [0.15, 0.2) is 18.5 Å². The summed E-state index contributed by atoms with van der Waals surface area (Å²) in [4.78, 5) is 13.8. The number of pyridine rings is 1. The topological polar surface area (TPSA) is 30.0 Å². The van der Waals surface area contributed by atoms with E-state index < -0.39 is 0 Å². The van der Waals surface area contributed by atoms with E-state index in [2.05, 4.69) is 4.98 Å². The van der Waals surface area contributed by atoms with Gasteiger partial charge in [-0.25, -0.2) is 0 Å². The first kappa shape index (κ1) is 9.40. The third kappa shape index (κ3) is 1.97. The van der Waals surface area contributed by atoms with E-state index >= 15 is 0 Å². The van der Waals surface area contributed by atoms with E-state index in [9.17, 15) is 4.79 Å². The number of carbonyl (C=O) groups is 1. The molecule has 1 aromatic rings. The Bertz CT molecular complexity index is 227. The van der Waals surface area contributed by atoms with E-state index in [4.69, 9.17) is 11.6 Å². The number of halogens is 2. The van der Waals surface area contributed by atoms with Crippen molar-refractivity contribution in [3.05, 3.63) is 29.0 Å². The molecule has 1 heterocycles. The van der Waals surface area contributed by atoms with Crippen LogP contribution in [0.25, 0.3) is 0 Å². The molecule has 0 bridgehead atoms. The van der Waals surface area contributed by atoms with E-state index in [1.54, 1.807) is 6.07 Å². The number of carbonyl (C=O) groups excluding carboxylic acids is 1. The van der Waals surface area contributed by atoms with E-state index in [0.717, 1.165) is 0 Å². The zero-order chi connectivity index (χ0) is 6.69. The number of rotatable bonds is 1. The van der Waals surface area contributed by atoms with Gasteiger partial charge in [0.1, 0.15) is 0 Å². The fraction of sp³-hybridized carbons (Fsp3) is 0. The fourth-order valence-electron chi connectivity index (χ4n) is 0.476. The van der Waals surface area contributed by atoms with Crippen molar-refractivity contribution >= 4 is 30.3 Å². The monoisotopic (exact) mass is 177 g/mol. The minimum absolute atomic E-state index is 0. The number of aromatic nitrogens is 1. The molecule has 0 radical (unpaired) electrons. The van der Waals surface area contributed by atoms with Gasteiger partial charge in [-0.15, -0.1) is 12.4 Å². The molecule has 0 amide bonds. The Morgan fingerprint density at radius 3 is 2.70 bits per heavy atom. The molecule has 1 rings (SSSR count). The van der Waals surface area contributed by atoms with Gasteiger partial charge in [-0.3, -0.25) is 9.78 Å². The predicted molar refractivity (Wildman–Crippen MR) is 41.9 cm³/mol. The van der Waals surface area contributed by atoms with E-state index in [1.165, 1.54) is 12.4 Å². The summed E-state index contributed by atoms with van der Waals surface area (Å²) in [5.41, 5.74) is 0.430. The Hall–Kier alpha value is -0.600. The highest BCUT2D eigenvalue weighted by molar-refractivity contribution is 6.32. The zero-order valence-electron chi connectivity index (χ0n) is 4.95. The molecule has 0 aliphatic carbocycles. The largest absolute Gasteiger partial charge is 0.298 e. The van der Waals surface area contributed by atoms with Crippen LogP contribution in [-0.4, -0.2) is 11.3 Å². The highest BCUT2D eigenvalue weighted by atomic mass is 35.5. The van der Waals surface area contributed by atoms with Gasteiger partial charge in [-0.1, -0.05) is 11.6 Å². The van der Waals surface area contributed by atoms with Crippen molar-refractivity contribution in [1.82, 2.24) is 4.98 Å². The molecule has 0 N–H and O–H groups in total. The van der Waals surface area contributed by atoms with E-state index in [1.807, 2.05) is 0 Å². The molecule has 0 aliphatic rings. The molecule has 0 saturated carbocycles. The molecule has 54 valence electrons. The maximum absolute atomic E-state index is 10.1. The fourth-order valence-corrected chi connectivity index (χ4v) is 0.626. The molecule has 0 fully saturated rings. The van der Waals surface area contributed by atoms with Crippen LogP contribution in [-0.2, 0) is 0 Å². The lowest BCUT2D eigenvalue weighted by atomic mass is 10.3. The number of aldehydes is 1. The average molecular weight is 178 g/mol. The molecule has 0 saturated heterocycles. The van der Waals surface area contributed by atoms with Crippen LogP contribution in [0.5, 0.6) is 0 Å². The summed E-state index contributed by atoms with van der Waals surface area (Å²) in [6.45, 7) is 0. The lowest BCUT2D eigenvalue weighted by Crippen LogP contribution is -1.81. The third-order valence-electron chi connectivity index (χ3n) is 0.923. The van der Waals surface area contributed by atoms with Gasteiger partial charge in [0.05, 0.1) is 10.6 Å². The third-order valence-corrected chi connectivity index (χ3v) is 1.27. The van der Waals surface area contributed by atoms with Crippen LogP contribution < -0.4 is 0 Å². The van der Waals surface area contributed by atoms with Crippen molar-refractivity contribution in [2.75, 3.05) is 0 Å². The summed E-state index contributed by atoms with van der Waals surface area (Å²) < 4.78 is 0. The number of nitrogens with zero attached hydrogens (tertiary/aromatic N) is 1. The summed E-state index contributed by atoms with van der Waals surface area (Å²) >= 11 is 5.55. The number of hydrogen-bond donors (Lipinski definition) is 0. The van der Waals surface area contributed by atoms with Gasteiger partial charge in [0.15, 0.2) is 6.29 Å². The van der Waals surface area contributed by atoms with Gasteiger partial charge >= 0.3 is 0 Å². The van der Waals surface area contributed by atoms with Gasteiger partial charge in [-0.05, 0) is 6.07 Å². The van der Waals surface area contributed by atoms with E-state index in [-0.39, 0.29) is 12.4 Å². The molecule has 4 heteroatoms. The summed E-state index contributed by atoms with van der Waals surface area (Å²) in [7, 11) is 0. The van der Waals surface area contributed by atoms with Crippen molar-refractivity contribution in [3.8, 4) is 0 Å². The Labute approximate surface area is 69.6 Å². The molecule has 2 nitrogen and oxygen atoms in total. The predicted octanol–water partition coefficient (Wildman–Crippen LogP) is 1.97. The normalized spacial score (nSPS) is 8.10. The van der Waals surface area contributed by atoms with Crippen LogP contribution in [0.3, 0.4) is 0 Å². The quantitative estimate of drug-likeness (QED) is 0.615. The van der Waals surface area contributed by atoms with Gasteiger partial charge in [0, 0.05) is 12.4 Å². The minimum Gasteiger partial charge on any atom is -0.298 e. The molecule has 1 aromatic heterocycles. The molecular weight excluding hydrogens is 173 g/mol. The molecule has 0 aromatic carbocycles. The Morgan fingerprint density at radius 2 is 2.30 bits per heavy atom. The second-order valence-corrected chi connectivity index (χ2v) is 1.92. The van der Waals surface area contributed by atoms with Gasteiger partial charge in [-0.2, -0.15) is 0 Å². The van der Waals surface area contributed by atoms with Gasteiger partial charge in [0.2, 0.25) is 0 Å². The van der Waals surface area contributed by atoms with Crippen LogP contribution in [0, 0.1) is 0 Å². The van der Waals surface area contributed by atoms with Crippen LogP contribution in [0.1, 0.15) is 10.4 Å². The Kier molecular flexibility index (Phi) is 4.00. The first-order valence-corrected chi connectivity index (χ1v) is 2.77. The summed E-state index contributed by atoms with van der Waals surface area (Å²) in [5, 5.41) is 0.444. The lowest BCUT2D eigenvalue weighted by Gasteiger charge is -1.89. The maximum atomic E-state index is 10.1. The molecule has 0 atom stereocenters. The van der Waals surface area contributed by atoms with E-state index in [0.29, 0.717) is 16.9 Å². The first-order valence-electron chi connectivity index (χ1n) is 2.39. The molecule has 0 unspecified atom stereocenters. The molecule has 0 spiro atoms. The van der Waals surface area contributed by atoms with Crippen LogP contribution >= 0.6 is 24.0 Å². The summed E-state index contributed by atoms with van der Waals surface area (Å²) in [6, 6.07) is 1.57. The van der Waals surface area contributed by atoms with Gasteiger partial charge in [0.25, 0.3) is 0 Å². The lowest BCUT2D eigenvalue weighted by molar-refractivity contribution is 0.112. The highest BCUT2D eigenvalue weighted by Crippen LogP contribution is 2.09. The Morgan fingerprint density at radius 1 is 1.60 bits per heavy atom. The van der Waals surface area contributed by atoms with Crippen LogP contribution in [0.4, 0.5) is 0 Å². The van der Waals surface area contributed by atoms with Crippen LogP contribution in [0.2, 0.25) is 5.02 Å². The zero-order valence-corrected chi connectivity index (χ0v) is 6.52. The number of hydrogen-bond acceptors (Lipinski definition) is 2. The molecular formula is C6H5Cl2NO. The standard InChI is InChI=1S/C6H4ClNO.ClH/c7-6-1-2-8-3-5(6)4-9;/h1-4H;1H. The summed E-state index contributed by atoms with van der Waals surface area (Å²) in [6.07, 6.45) is 3.64. The highest BCUT2D eigenvalue weighted by Gasteiger charge is 1.93. The van der Waals surface area contributed by atoms with Crippen molar-refractivity contribution in [2.45, 2.75) is 0 Å². The van der Waals surface area contributed by atoms with Crippen molar-refractivity contribution < 1.29 is 4.79 Å². The summed E-state index contributed by atoms with van der Waals surface area (Å²) in [5.74, 6) is 0. The second kappa shape index (κ2) is 4.25. The first-order chi connectivity index (χ1) is 4.34. The van der Waals surface area contributed by atoms with Crippen molar-refractivity contribution in [3.63, 3.8) is 0 Å². The molecule has 10 heavy (non-hydrogen) atoms. The smallest absolute Gasteiger partial charge is 0.153 e. The van der Waals surface area contributed by atoms with Gasteiger partial charge < -0.3 is 0 Å². The average Bonchev–Trinajstić information content (AvgIpc) is 1.89. The Balaban J connectivity index is 0.000000810.